The molecule has 42 heavy (non-hydrogen) atoms. The largest absolute Gasteiger partial charge is 0.462 e. The highest BCUT2D eigenvalue weighted by molar-refractivity contribution is 5.84. The van der Waals surface area contributed by atoms with Crippen LogP contribution in [0.1, 0.15) is 126 Å². The maximum atomic E-state index is 14.7. The second-order valence-corrected chi connectivity index (χ2v) is 17.7. The molecule has 1 N–H and O–H groups in total. The third-order valence-electron chi connectivity index (χ3n) is 14.9. The molecule has 0 spiro atoms. The van der Waals surface area contributed by atoms with Gasteiger partial charge in [-0.2, -0.15) is 0 Å². The van der Waals surface area contributed by atoms with Crippen LogP contribution in [0.4, 0.5) is 0 Å². The van der Waals surface area contributed by atoms with Crippen molar-refractivity contribution in [3.05, 3.63) is 11.6 Å². The summed E-state index contributed by atoms with van der Waals surface area (Å²) in [6.07, 6.45) is 15.0. The van der Waals surface area contributed by atoms with Crippen LogP contribution in [0.3, 0.4) is 0 Å². The minimum atomic E-state index is -0.223. The Morgan fingerprint density at radius 1 is 0.881 bits per heavy atom. The van der Waals surface area contributed by atoms with E-state index in [2.05, 4.69) is 64.8 Å². The lowest BCUT2D eigenvalue weighted by atomic mass is 9.33. The second kappa shape index (κ2) is 10.1. The minimum absolute atomic E-state index is 0.0164. The van der Waals surface area contributed by atoms with Crippen molar-refractivity contribution >= 4 is 11.9 Å². The number of hydrogen-bond donors (Lipinski definition) is 1. The Balaban J connectivity index is 1.37. The zero-order chi connectivity index (χ0) is 30.3. The summed E-state index contributed by atoms with van der Waals surface area (Å²) >= 11 is 0. The van der Waals surface area contributed by atoms with Crippen molar-refractivity contribution in [3.8, 4) is 0 Å². The summed E-state index contributed by atoms with van der Waals surface area (Å²) in [6.45, 7) is 22.8. The van der Waals surface area contributed by atoms with Gasteiger partial charge in [0, 0.05) is 32.0 Å². The zero-order valence-electron chi connectivity index (χ0n) is 28.2. The first-order valence-electron chi connectivity index (χ1n) is 17.5. The highest BCUT2D eigenvalue weighted by Gasteiger charge is 2.69. The molecule has 0 aromatic carbocycles. The molecule has 0 bridgehead atoms. The van der Waals surface area contributed by atoms with E-state index in [4.69, 9.17) is 4.74 Å². The number of amides is 1. The van der Waals surface area contributed by atoms with Crippen LogP contribution >= 0.6 is 0 Å². The quantitative estimate of drug-likeness (QED) is 0.271. The van der Waals surface area contributed by atoms with Gasteiger partial charge in [-0.05, 0) is 117 Å². The van der Waals surface area contributed by atoms with Crippen LogP contribution in [0.25, 0.3) is 0 Å². The molecule has 4 saturated carbocycles. The van der Waals surface area contributed by atoms with E-state index in [1.54, 1.807) is 12.5 Å². The van der Waals surface area contributed by atoms with Crippen molar-refractivity contribution in [1.29, 1.82) is 0 Å². The summed E-state index contributed by atoms with van der Waals surface area (Å²) in [4.78, 5) is 28.9. The summed E-state index contributed by atoms with van der Waals surface area (Å²) in [5.41, 5.74) is 2.27. The summed E-state index contributed by atoms with van der Waals surface area (Å²) in [6, 6.07) is 0. The molecule has 8 atom stereocenters. The van der Waals surface area contributed by atoms with Gasteiger partial charge >= 0.3 is 5.97 Å². The molecule has 6 aliphatic rings. The molecule has 236 valence electrons. The summed E-state index contributed by atoms with van der Waals surface area (Å²) < 4.78 is 5.95. The smallest absolute Gasteiger partial charge is 0.302 e. The molecule has 1 aliphatic heterocycles. The summed E-state index contributed by atoms with van der Waals surface area (Å²) in [7, 11) is 0. The van der Waals surface area contributed by atoms with Gasteiger partial charge in [0.05, 0.1) is 5.41 Å². The molecule has 0 radical (unpaired) electrons. The first-order chi connectivity index (χ1) is 19.6. The Kier molecular flexibility index (Phi) is 7.35. The molecule has 1 saturated heterocycles. The number of nitrogens with zero attached hydrogens (tertiary/aromatic N) is 1. The first kappa shape index (κ1) is 30.7. The molecule has 5 nitrogen and oxygen atoms in total. The molecule has 5 fully saturated rings. The van der Waals surface area contributed by atoms with E-state index in [1.807, 2.05) is 0 Å². The van der Waals surface area contributed by atoms with Crippen molar-refractivity contribution in [3.63, 3.8) is 0 Å². The van der Waals surface area contributed by atoms with Crippen LogP contribution in [-0.2, 0) is 14.3 Å². The van der Waals surface area contributed by atoms with Crippen molar-refractivity contribution in [2.45, 2.75) is 132 Å². The molecule has 5 aliphatic carbocycles. The van der Waals surface area contributed by atoms with Gasteiger partial charge in [0.25, 0.3) is 0 Å². The predicted molar refractivity (Wildman–Crippen MR) is 169 cm³/mol. The van der Waals surface area contributed by atoms with Crippen molar-refractivity contribution in [2.24, 2.45) is 50.2 Å². The maximum absolute atomic E-state index is 14.7. The SMILES string of the molecule is CC(=O)O[C@H]1CC[C@]2(C)[C@H]3CC=C4[C@@H]5CC(C)(C)CC[C@]5(C(=O)N5CCCNCC5)CC[C@@]4(C)[C@]3(C)CC[C@H]2C1(C)C. The van der Waals surface area contributed by atoms with Gasteiger partial charge in [-0.1, -0.05) is 60.1 Å². The van der Waals surface area contributed by atoms with Crippen LogP contribution in [-0.4, -0.2) is 49.1 Å². The van der Waals surface area contributed by atoms with Gasteiger partial charge in [-0.3, -0.25) is 9.59 Å². The molecule has 1 amide bonds. The second-order valence-electron chi connectivity index (χ2n) is 17.7. The van der Waals surface area contributed by atoms with Crippen molar-refractivity contribution in [2.75, 3.05) is 26.2 Å². The highest BCUT2D eigenvalue weighted by Crippen LogP contribution is 2.76. The Morgan fingerprint density at radius 3 is 2.36 bits per heavy atom. The molecular formula is C37H60N2O3. The normalized spacial score (nSPS) is 46.1. The van der Waals surface area contributed by atoms with Gasteiger partial charge in [0.2, 0.25) is 5.91 Å². The van der Waals surface area contributed by atoms with Gasteiger partial charge in [-0.15, -0.1) is 0 Å². The van der Waals surface area contributed by atoms with E-state index < -0.39 is 0 Å². The fourth-order valence-electron chi connectivity index (χ4n) is 12.4. The molecule has 1 heterocycles. The fourth-order valence-corrected chi connectivity index (χ4v) is 12.4. The predicted octanol–water partition coefficient (Wildman–Crippen LogP) is 7.54. The topological polar surface area (TPSA) is 58.6 Å². The van der Waals surface area contributed by atoms with E-state index in [1.165, 1.54) is 12.8 Å². The Labute approximate surface area is 256 Å². The monoisotopic (exact) mass is 580 g/mol. The minimum Gasteiger partial charge on any atom is -0.462 e. The fraction of sp³-hybridized carbons (Fsp3) is 0.892. The number of rotatable bonds is 2. The summed E-state index contributed by atoms with van der Waals surface area (Å²) in [5, 5.41) is 3.52. The lowest BCUT2D eigenvalue weighted by Gasteiger charge is -2.71. The van der Waals surface area contributed by atoms with E-state index in [0.29, 0.717) is 23.7 Å². The van der Waals surface area contributed by atoms with Gasteiger partial charge < -0.3 is 15.0 Å². The average Bonchev–Trinajstić information content (AvgIpc) is 3.20. The molecule has 6 rings (SSSR count). The Hall–Kier alpha value is -1.36. The zero-order valence-corrected chi connectivity index (χ0v) is 28.2. The maximum Gasteiger partial charge on any atom is 0.302 e. The number of allylic oxidation sites excluding steroid dienone is 2. The number of carbonyl (C=O) groups is 2. The standard InChI is InChI=1S/C37H60N2O3/c1-25(40)42-30-13-14-34(6)28(33(30,4)5)12-15-36(8)29(34)11-10-26-27-24-32(2,3)16-18-37(27,19-17-35(26,36)7)31(41)39-22-9-20-38-21-23-39/h10,27-30,38H,9,11-24H2,1-8H3/t27-,28-,29+,30-,34-,35+,36+,37-/m0/s1. The van der Waals surface area contributed by atoms with Gasteiger partial charge in [-0.25, -0.2) is 0 Å². The van der Waals surface area contributed by atoms with Crippen LogP contribution in [0.5, 0.6) is 0 Å². The van der Waals surface area contributed by atoms with E-state index in [9.17, 15) is 9.59 Å². The lowest BCUT2D eigenvalue weighted by Crippen LogP contribution is -2.65. The average molecular weight is 581 g/mol. The van der Waals surface area contributed by atoms with E-state index in [-0.39, 0.29) is 44.6 Å². The Morgan fingerprint density at radius 2 is 1.62 bits per heavy atom. The molecule has 0 aromatic heterocycles. The number of fused-ring (bicyclic) bond motifs is 7. The van der Waals surface area contributed by atoms with Crippen LogP contribution < -0.4 is 5.32 Å². The molecule has 5 heteroatoms. The third kappa shape index (κ3) is 4.31. The van der Waals surface area contributed by atoms with Crippen LogP contribution in [0.15, 0.2) is 11.6 Å². The number of esters is 1. The van der Waals surface area contributed by atoms with Crippen LogP contribution in [0.2, 0.25) is 0 Å². The number of carbonyl (C=O) groups excluding carboxylic acids is 2. The van der Waals surface area contributed by atoms with Gasteiger partial charge in [0.1, 0.15) is 6.10 Å². The van der Waals surface area contributed by atoms with E-state index >= 15 is 0 Å². The number of nitrogens with one attached hydrogen (secondary N) is 1. The molecule has 0 unspecified atom stereocenters. The number of ether oxygens (including phenoxy) is 1. The Bertz CT molecular complexity index is 1130. The van der Waals surface area contributed by atoms with Crippen molar-refractivity contribution in [1.82, 2.24) is 10.2 Å². The van der Waals surface area contributed by atoms with Gasteiger partial charge in [0.15, 0.2) is 0 Å². The third-order valence-corrected chi connectivity index (χ3v) is 14.9. The van der Waals surface area contributed by atoms with Crippen LogP contribution in [0, 0.1) is 50.2 Å². The molecule has 0 aromatic rings. The highest BCUT2D eigenvalue weighted by atomic mass is 16.5. The lowest BCUT2D eigenvalue weighted by molar-refractivity contribution is -0.212. The van der Waals surface area contributed by atoms with Crippen molar-refractivity contribution < 1.29 is 14.3 Å². The first-order valence-corrected chi connectivity index (χ1v) is 17.5. The van der Waals surface area contributed by atoms with E-state index in [0.717, 1.165) is 84.0 Å². The molecular weight excluding hydrogens is 520 g/mol. The summed E-state index contributed by atoms with van der Waals surface area (Å²) in [5.74, 6) is 1.87. The number of hydrogen-bond acceptors (Lipinski definition) is 4.